The van der Waals surface area contributed by atoms with Gasteiger partial charge >= 0.3 is 5.97 Å². The van der Waals surface area contributed by atoms with Gasteiger partial charge in [0.1, 0.15) is 5.60 Å². The number of ether oxygens (including phenoxy) is 11. The van der Waals surface area contributed by atoms with Crippen molar-refractivity contribution in [3.8, 4) is 0 Å². The fourth-order valence-electron chi connectivity index (χ4n) is 2.88. The lowest BCUT2D eigenvalue weighted by Gasteiger charge is -2.19. The molecule has 0 atom stereocenters. The van der Waals surface area contributed by atoms with Gasteiger partial charge in [0.2, 0.25) is 0 Å². The normalized spacial score (nSPS) is 11.8. The molecule has 0 spiro atoms. The van der Waals surface area contributed by atoms with Gasteiger partial charge in [-0.3, -0.25) is 4.79 Å². The highest BCUT2D eigenvalue weighted by molar-refractivity contribution is 5.69. The topological polar surface area (TPSA) is 145 Å². The molecule has 0 rings (SSSR count). The number of esters is 1. The van der Waals surface area contributed by atoms with Gasteiger partial charge in [0.25, 0.3) is 0 Å². The molecule has 0 aliphatic heterocycles. The molecule has 0 fully saturated rings. The van der Waals surface area contributed by atoms with Crippen molar-refractivity contribution in [2.45, 2.75) is 39.2 Å². The minimum Gasteiger partial charge on any atom is -0.460 e. The fraction of sp³-hybridized carbons (Fsp3) is 0.964. The Balaban J connectivity index is 3.09. The predicted octanol–water partition coefficient (Wildman–Crippen LogP) is 1.23. The number of carbonyl (C=O) groups excluding carboxylic acids is 1. The first-order chi connectivity index (χ1) is 20.0. The van der Waals surface area contributed by atoms with Gasteiger partial charge in [0, 0.05) is 19.6 Å². The molecule has 0 aromatic heterocycles. The molecule has 0 saturated heterocycles. The molecular formula is C28H57NO12. The third-order valence-corrected chi connectivity index (χ3v) is 4.70. The number of hydrogen-bond donors (Lipinski definition) is 1. The quantitative estimate of drug-likeness (QED) is 0.0854. The molecular weight excluding hydrogens is 542 g/mol. The minimum absolute atomic E-state index is 0.201. The zero-order chi connectivity index (χ0) is 30.1. The second kappa shape index (κ2) is 32.0. The Bertz CT molecular complexity index is 537. The van der Waals surface area contributed by atoms with E-state index in [0.717, 1.165) is 0 Å². The average molecular weight is 600 g/mol. The van der Waals surface area contributed by atoms with Gasteiger partial charge in [-0.05, 0) is 27.2 Å². The molecule has 0 heterocycles. The maximum Gasteiger partial charge on any atom is 0.306 e. The summed E-state index contributed by atoms with van der Waals surface area (Å²) in [6, 6.07) is 0. The van der Waals surface area contributed by atoms with Crippen LogP contribution in [0.1, 0.15) is 33.6 Å². The van der Waals surface area contributed by atoms with Gasteiger partial charge in [0.05, 0.1) is 126 Å². The molecule has 41 heavy (non-hydrogen) atoms. The Labute approximate surface area is 246 Å². The van der Waals surface area contributed by atoms with E-state index >= 15 is 0 Å². The van der Waals surface area contributed by atoms with E-state index < -0.39 is 5.60 Å². The zero-order valence-corrected chi connectivity index (χ0v) is 25.7. The van der Waals surface area contributed by atoms with Crippen molar-refractivity contribution >= 4 is 5.97 Å². The molecule has 0 saturated carbocycles. The van der Waals surface area contributed by atoms with Crippen molar-refractivity contribution in [1.82, 2.24) is 0 Å². The van der Waals surface area contributed by atoms with Crippen molar-refractivity contribution in [2.75, 3.05) is 139 Å². The maximum absolute atomic E-state index is 11.6. The molecule has 0 bridgehead atoms. The second-order valence-corrected chi connectivity index (χ2v) is 9.60. The third kappa shape index (κ3) is 37.0. The Hall–Kier alpha value is -0.970. The largest absolute Gasteiger partial charge is 0.460 e. The first kappa shape index (κ1) is 40.0. The van der Waals surface area contributed by atoms with E-state index in [1.165, 1.54) is 0 Å². The molecule has 0 unspecified atom stereocenters. The van der Waals surface area contributed by atoms with Crippen molar-refractivity contribution in [2.24, 2.45) is 5.73 Å². The molecule has 0 radical (unpaired) electrons. The molecule has 2 N–H and O–H groups in total. The van der Waals surface area contributed by atoms with E-state index in [9.17, 15) is 4.79 Å². The summed E-state index contributed by atoms with van der Waals surface area (Å²) in [5.41, 5.74) is 4.88. The maximum atomic E-state index is 11.6. The third-order valence-electron chi connectivity index (χ3n) is 4.70. The molecule has 13 heteroatoms. The van der Waals surface area contributed by atoms with Gasteiger partial charge in [-0.2, -0.15) is 0 Å². The van der Waals surface area contributed by atoms with Gasteiger partial charge in [-0.1, -0.05) is 0 Å². The van der Waals surface area contributed by atoms with E-state index in [1.54, 1.807) is 0 Å². The van der Waals surface area contributed by atoms with Gasteiger partial charge in [0.15, 0.2) is 0 Å². The van der Waals surface area contributed by atoms with Gasteiger partial charge in [-0.25, -0.2) is 0 Å². The first-order valence-electron chi connectivity index (χ1n) is 14.6. The van der Waals surface area contributed by atoms with Crippen LogP contribution in [0.15, 0.2) is 0 Å². The molecule has 0 aromatic carbocycles. The lowest BCUT2D eigenvalue weighted by atomic mass is 10.2. The lowest BCUT2D eigenvalue weighted by Crippen LogP contribution is -2.23. The van der Waals surface area contributed by atoms with E-state index in [-0.39, 0.29) is 5.97 Å². The molecule has 0 aliphatic carbocycles. The molecule has 0 aliphatic rings. The van der Waals surface area contributed by atoms with Crippen LogP contribution in [0.2, 0.25) is 0 Å². The summed E-state index contributed by atoms with van der Waals surface area (Å²) >= 11 is 0. The van der Waals surface area contributed by atoms with E-state index in [1.807, 2.05) is 20.8 Å². The van der Waals surface area contributed by atoms with Crippen molar-refractivity contribution in [3.05, 3.63) is 0 Å². The summed E-state index contributed by atoms with van der Waals surface area (Å²) in [5, 5.41) is 0. The Morgan fingerprint density at radius 3 is 0.927 bits per heavy atom. The molecule has 0 aromatic rings. The lowest BCUT2D eigenvalue weighted by molar-refractivity contribution is -0.155. The van der Waals surface area contributed by atoms with Crippen LogP contribution in [0, 0.1) is 0 Å². The minimum atomic E-state index is -0.446. The number of carbonyl (C=O) groups is 1. The molecule has 13 nitrogen and oxygen atoms in total. The summed E-state index contributed by atoms with van der Waals surface area (Å²) in [6.07, 6.45) is 0.990. The van der Waals surface area contributed by atoms with Crippen molar-refractivity contribution < 1.29 is 56.9 Å². The highest BCUT2D eigenvalue weighted by atomic mass is 16.6. The number of hydrogen-bond acceptors (Lipinski definition) is 13. The Morgan fingerprint density at radius 2 is 0.683 bits per heavy atom. The Kier molecular flexibility index (Phi) is 31.2. The van der Waals surface area contributed by atoms with Crippen molar-refractivity contribution in [1.29, 1.82) is 0 Å². The van der Waals surface area contributed by atoms with Crippen LogP contribution < -0.4 is 5.73 Å². The van der Waals surface area contributed by atoms with Crippen LogP contribution in [0.4, 0.5) is 0 Å². The first-order valence-corrected chi connectivity index (χ1v) is 14.6. The van der Waals surface area contributed by atoms with Crippen LogP contribution in [0.3, 0.4) is 0 Å². The van der Waals surface area contributed by atoms with Crippen LogP contribution in [0.5, 0.6) is 0 Å². The highest BCUT2D eigenvalue weighted by Gasteiger charge is 2.15. The smallest absolute Gasteiger partial charge is 0.306 e. The van der Waals surface area contributed by atoms with E-state index in [0.29, 0.717) is 152 Å². The molecule has 246 valence electrons. The van der Waals surface area contributed by atoms with E-state index in [4.69, 9.17) is 57.8 Å². The fourth-order valence-corrected chi connectivity index (χ4v) is 2.88. The molecule has 0 amide bonds. The summed E-state index contributed by atoms with van der Waals surface area (Å²) in [4.78, 5) is 11.6. The monoisotopic (exact) mass is 599 g/mol. The Morgan fingerprint density at radius 1 is 0.439 bits per heavy atom. The predicted molar refractivity (Wildman–Crippen MR) is 152 cm³/mol. The zero-order valence-electron chi connectivity index (χ0n) is 25.7. The SMILES string of the molecule is CC(C)(C)OC(=O)CCCOCCOCCOCCOCCOCCOCCOCCOCCOCCOCCN. The van der Waals surface area contributed by atoms with E-state index in [2.05, 4.69) is 0 Å². The summed E-state index contributed by atoms with van der Waals surface area (Å²) in [6.45, 7) is 16.3. The van der Waals surface area contributed by atoms with Crippen LogP contribution in [-0.4, -0.2) is 150 Å². The summed E-state index contributed by atoms with van der Waals surface area (Å²) in [5.74, 6) is -0.201. The van der Waals surface area contributed by atoms with Crippen LogP contribution in [-0.2, 0) is 56.9 Å². The van der Waals surface area contributed by atoms with Gasteiger partial charge in [-0.15, -0.1) is 0 Å². The van der Waals surface area contributed by atoms with Crippen LogP contribution in [0.25, 0.3) is 0 Å². The van der Waals surface area contributed by atoms with Crippen LogP contribution >= 0.6 is 0 Å². The van der Waals surface area contributed by atoms with Gasteiger partial charge < -0.3 is 57.8 Å². The standard InChI is InChI=1S/C28H57NO12/c1-28(2,3)41-27(30)5-4-7-31-9-11-33-13-15-35-17-19-37-21-23-39-25-26-40-24-22-38-20-18-36-16-14-34-12-10-32-8-6-29/h4-26,29H2,1-3H3. The average Bonchev–Trinajstić information content (AvgIpc) is 2.92. The number of rotatable bonds is 33. The second-order valence-electron chi connectivity index (χ2n) is 9.60. The highest BCUT2D eigenvalue weighted by Crippen LogP contribution is 2.09. The summed E-state index contributed by atoms with van der Waals surface area (Å²) < 4.78 is 59.4. The summed E-state index contributed by atoms with van der Waals surface area (Å²) in [7, 11) is 0. The number of nitrogens with two attached hydrogens (primary N) is 1. The van der Waals surface area contributed by atoms with Crippen molar-refractivity contribution in [3.63, 3.8) is 0 Å².